The van der Waals surface area contributed by atoms with Crippen molar-refractivity contribution in [3.05, 3.63) is 18.2 Å². The van der Waals surface area contributed by atoms with Crippen molar-refractivity contribution in [2.75, 3.05) is 17.2 Å². The van der Waals surface area contributed by atoms with Crippen molar-refractivity contribution in [1.82, 2.24) is 0 Å². The number of fused-ring (bicyclic) bond motifs is 1. The summed E-state index contributed by atoms with van der Waals surface area (Å²) in [5.41, 5.74) is 0.623. The van der Waals surface area contributed by atoms with Crippen LogP contribution in [0.15, 0.2) is 28.0 Å². The minimum atomic E-state index is -3.76. The zero-order chi connectivity index (χ0) is 13.3. The van der Waals surface area contributed by atoms with Gasteiger partial charge in [0.2, 0.25) is 5.91 Å². The summed E-state index contributed by atoms with van der Waals surface area (Å²) in [6.07, 6.45) is 5.21. The third kappa shape index (κ3) is 2.48. The topological polar surface area (TPSA) is 54.5 Å². The normalized spacial score (nSPS) is 15.1. The van der Waals surface area contributed by atoms with Crippen LogP contribution >= 0.6 is 22.4 Å². The Kier molecular flexibility index (Phi) is 3.57. The molecule has 0 aliphatic carbocycles. The molecule has 18 heavy (non-hydrogen) atoms. The van der Waals surface area contributed by atoms with Gasteiger partial charge in [0.15, 0.2) is 0 Å². The zero-order valence-corrected chi connectivity index (χ0v) is 11.5. The summed E-state index contributed by atoms with van der Waals surface area (Å²) in [6.45, 7) is 0.166. The highest BCUT2D eigenvalue weighted by atomic mass is 35.7. The molecule has 1 aromatic carbocycles. The lowest BCUT2D eigenvalue weighted by molar-refractivity contribution is -0.116. The molecule has 1 aliphatic rings. The number of anilines is 1. The molecule has 0 saturated carbocycles. The van der Waals surface area contributed by atoms with Crippen LogP contribution in [0.5, 0.6) is 0 Å². The average Bonchev–Trinajstić information content (AvgIpc) is 2.31. The smallest absolute Gasteiger partial charge is 0.261 e. The van der Waals surface area contributed by atoms with Gasteiger partial charge in [-0.15, -0.1) is 18.2 Å². The largest absolute Gasteiger partial charge is 0.299 e. The Labute approximate surface area is 114 Å². The number of halogens is 1. The Morgan fingerprint density at radius 2 is 2.22 bits per heavy atom. The van der Waals surface area contributed by atoms with Crippen molar-refractivity contribution in [2.24, 2.45) is 0 Å². The predicted molar refractivity (Wildman–Crippen MR) is 71.4 cm³/mol. The van der Waals surface area contributed by atoms with Crippen LogP contribution in [-0.4, -0.2) is 26.6 Å². The minimum absolute atomic E-state index is 0.0189. The van der Waals surface area contributed by atoms with Crippen molar-refractivity contribution in [3.8, 4) is 12.3 Å². The molecule has 1 amide bonds. The lowest BCUT2D eigenvalue weighted by Gasteiger charge is -2.27. The van der Waals surface area contributed by atoms with Crippen molar-refractivity contribution >= 4 is 43.1 Å². The molecule has 0 unspecified atom stereocenters. The number of rotatable bonds is 2. The van der Waals surface area contributed by atoms with Gasteiger partial charge in [-0.25, -0.2) is 8.42 Å². The van der Waals surface area contributed by atoms with Gasteiger partial charge >= 0.3 is 0 Å². The Morgan fingerprint density at radius 1 is 1.50 bits per heavy atom. The van der Waals surface area contributed by atoms with E-state index >= 15 is 0 Å². The molecule has 1 heterocycles. The molecule has 1 aliphatic heterocycles. The van der Waals surface area contributed by atoms with E-state index in [4.69, 9.17) is 17.1 Å². The van der Waals surface area contributed by atoms with Crippen LogP contribution in [-0.2, 0) is 13.8 Å². The number of hydrogen-bond donors (Lipinski definition) is 0. The lowest BCUT2D eigenvalue weighted by atomic mass is 10.2. The van der Waals surface area contributed by atoms with Crippen LogP contribution in [0.25, 0.3) is 0 Å². The Hall–Kier alpha value is -1.16. The second-order valence-electron chi connectivity index (χ2n) is 3.54. The molecule has 0 fully saturated rings. The van der Waals surface area contributed by atoms with Crippen molar-refractivity contribution in [1.29, 1.82) is 0 Å². The first-order valence-corrected chi connectivity index (χ1v) is 8.18. The molecule has 0 saturated heterocycles. The number of amides is 1. The Bertz CT molecular complexity index is 649. The zero-order valence-electron chi connectivity index (χ0n) is 9.09. The van der Waals surface area contributed by atoms with Crippen LogP contribution in [0.4, 0.5) is 5.69 Å². The van der Waals surface area contributed by atoms with E-state index in [0.717, 1.165) is 0 Å². The van der Waals surface area contributed by atoms with E-state index in [1.807, 2.05) is 0 Å². The third-order valence-corrected chi connectivity index (χ3v) is 4.79. The van der Waals surface area contributed by atoms with Gasteiger partial charge in [-0.3, -0.25) is 9.69 Å². The van der Waals surface area contributed by atoms with Gasteiger partial charge in [-0.1, -0.05) is 5.92 Å². The van der Waals surface area contributed by atoms with E-state index in [2.05, 4.69) is 5.92 Å². The molecule has 1 aromatic rings. The van der Waals surface area contributed by atoms with E-state index in [0.29, 0.717) is 10.6 Å². The van der Waals surface area contributed by atoms with Crippen LogP contribution in [0.3, 0.4) is 0 Å². The fourth-order valence-corrected chi connectivity index (χ4v) is 3.42. The van der Waals surface area contributed by atoms with Gasteiger partial charge in [0.25, 0.3) is 9.05 Å². The summed E-state index contributed by atoms with van der Waals surface area (Å²) in [5.74, 6) is 2.55. The standard InChI is InChI=1S/C11H8ClNO3S2/c1-2-5-13-9-4-3-8(18(12,15)16)6-10(9)17-7-11(13)14/h1,3-4,6H,5,7H2. The summed E-state index contributed by atoms with van der Waals surface area (Å²) in [5, 5.41) is 0. The first-order valence-electron chi connectivity index (χ1n) is 4.89. The first-order chi connectivity index (χ1) is 8.43. The average molecular weight is 302 g/mol. The fourth-order valence-electron chi connectivity index (χ4n) is 1.60. The van der Waals surface area contributed by atoms with Crippen LogP contribution < -0.4 is 4.90 Å². The number of nitrogens with zero attached hydrogens (tertiary/aromatic N) is 1. The van der Waals surface area contributed by atoms with Crippen molar-refractivity contribution < 1.29 is 13.2 Å². The number of benzene rings is 1. The molecular formula is C11H8ClNO3S2. The van der Waals surface area contributed by atoms with Gasteiger partial charge in [-0.05, 0) is 18.2 Å². The van der Waals surface area contributed by atoms with E-state index in [-0.39, 0.29) is 23.1 Å². The molecule has 0 radical (unpaired) electrons. The molecule has 0 bridgehead atoms. The molecular weight excluding hydrogens is 294 g/mol. The van der Waals surface area contributed by atoms with E-state index in [1.54, 1.807) is 6.07 Å². The second kappa shape index (κ2) is 4.84. The van der Waals surface area contributed by atoms with Gasteiger partial charge in [-0.2, -0.15) is 0 Å². The molecule has 0 N–H and O–H groups in total. The van der Waals surface area contributed by atoms with E-state index < -0.39 is 9.05 Å². The molecule has 4 nitrogen and oxygen atoms in total. The van der Waals surface area contributed by atoms with Crippen molar-refractivity contribution in [2.45, 2.75) is 9.79 Å². The molecule has 7 heteroatoms. The molecule has 0 aromatic heterocycles. The SMILES string of the molecule is C#CCN1C(=O)CSc2cc(S(=O)(=O)Cl)ccc21. The number of carbonyl (C=O) groups excluding carboxylic acids is 1. The lowest BCUT2D eigenvalue weighted by Crippen LogP contribution is -2.35. The van der Waals surface area contributed by atoms with E-state index in [9.17, 15) is 13.2 Å². The van der Waals surface area contributed by atoms with Crippen LogP contribution in [0.2, 0.25) is 0 Å². The summed E-state index contributed by atoms with van der Waals surface area (Å²) < 4.78 is 22.5. The quantitative estimate of drug-likeness (QED) is 0.616. The summed E-state index contributed by atoms with van der Waals surface area (Å²) in [6, 6.07) is 4.37. The van der Waals surface area contributed by atoms with Crippen LogP contribution in [0, 0.1) is 12.3 Å². The molecule has 2 rings (SSSR count). The summed E-state index contributed by atoms with van der Waals surface area (Å²) >= 11 is 1.27. The summed E-state index contributed by atoms with van der Waals surface area (Å²) in [4.78, 5) is 13.9. The van der Waals surface area contributed by atoms with Gasteiger partial charge in [0.1, 0.15) is 0 Å². The van der Waals surface area contributed by atoms with E-state index in [1.165, 1.54) is 28.8 Å². The highest BCUT2D eigenvalue weighted by Crippen LogP contribution is 2.37. The number of terminal acetylenes is 1. The molecule has 94 valence electrons. The van der Waals surface area contributed by atoms with Crippen molar-refractivity contribution in [3.63, 3.8) is 0 Å². The third-order valence-electron chi connectivity index (χ3n) is 2.41. The number of thioether (sulfide) groups is 1. The van der Waals surface area contributed by atoms with Gasteiger partial charge in [0.05, 0.1) is 22.9 Å². The predicted octanol–water partition coefficient (Wildman–Crippen LogP) is 1.69. The maximum absolute atomic E-state index is 11.7. The maximum Gasteiger partial charge on any atom is 0.261 e. The van der Waals surface area contributed by atoms with Gasteiger partial charge < -0.3 is 0 Å². The number of hydrogen-bond acceptors (Lipinski definition) is 4. The first kappa shape index (κ1) is 13.3. The van der Waals surface area contributed by atoms with Gasteiger partial charge in [0, 0.05) is 15.6 Å². The molecule has 0 spiro atoms. The summed E-state index contributed by atoms with van der Waals surface area (Å²) in [7, 11) is 1.51. The van der Waals surface area contributed by atoms with Crippen LogP contribution in [0.1, 0.15) is 0 Å². The highest BCUT2D eigenvalue weighted by Gasteiger charge is 2.25. The molecule has 0 atom stereocenters. The Balaban J connectivity index is 2.50. The number of carbonyl (C=O) groups is 1. The fraction of sp³-hybridized carbons (Fsp3) is 0.182. The highest BCUT2D eigenvalue weighted by molar-refractivity contribution is 8.13. The maximum atomic E-state index is 11.7. The second-order valence-corrected chi connectivity index (χ2v) is 7.12. The minimum Gasteiger partial charge on any atom is -0.299 e. The Morgan fingerprint density at radius 3 is 2.83 bits per heavy atom. The monoisotopic (exact) mass is 301 g/mol.